The van der Waals surface area contributed by atoms with Crippen LogP contribution in [0.1, 0.15) is 6.92 Å². The van der Waals surface area contributed by atoms with Crippen molar-refractivity contribution in [2.24, 2.45) is 0 Å². The van der Waals surface area contributed by atoms with Gasteiger partial charge in [0, 0.05) is 0 Å². The third kappa shape index (κ3) is 3.31. The van der Waals surface area contributed by atoms with E-state index in [1.165, 1.54) is 0 Å². The van der Waals surface area contributed by atoms with Crippen LogP contribution in [-0.2, 0) is 10.0 Å². The number of fused-ring (bicyclic) bond motifs is 1. The first-order valence-electron chi connectivity index (χ1n) is 6.90. The molecule has 3 rings (SSSR count). The fraction of sp³-hybridized carbons (Fsp3) is 0.133. The molecule has 0 amide bonds. The van der Waals surface area contributed by atoms with Gasteiger partial charge in [-0.3, -0.25) is 4.72 Å². The summed E-state index contributed by atoms with van der Waals surface area (Å²) in [6, 6.07) is 7.58. The van der Waals surface area contributed by atoms with Crippen molar-refractivity contribution in [3.63, 3.8) is 0 Å². The van der Waals surface area contributed by atoms with Crippen molar-refractivity contribution in [2.45, 2.75) is 11.8 Å². The molecule has 1 N–H and O–H groups in total. The third-order valence-corrected chi connectivity index (χ3v) is 5.49. The summed E-state index contributed by atoms with van der Waals surface area (Å²) >= 11 is 1.12. The topological polar surface area (TPSA) is 68.3 Å². The van der Waals surface area contributed by atoms with Crippen molar-refractivity contribution in [2.75, 3.05) is 11.3 Å². The van der Waals surface area contributed by atoms with Crippen LogP contribution in [0.2, 0.25) is 0 Å². The highest BCUT2D eigenvalue weighted by molar-refractivity contribution is 7.93. The van der Waals surface area contributed by atoms with Crippen molar-refractivity contribution in [3.05, 3.63) is 48.0 Å². The van der Waals surface area contributed by atoms with Crippen LogP contribution in [-0.4, -0.2) is 20.0 Å². The summed E-state index contributed by atoms with van der Waals surface area (Å²) in [7, 11) is -4.06. The van der Waals surface area contributed by atoms with Gasteiger partial charge in [-0.25, -0.2) is 22.2 Å². The van der Waals surface area contributed by atoms with Crippen molar-refractivity contribution < 1.29 is 21.9 Å². The minimum Gasteiger partial charge on any atom is -0.494 e. The molecule has 0 aliphatic rings. The molecule has 126 valence electrons. The van der Waals surface area contributed by atoms with Gasteiger partial charge in [-0.05, 0) is 43.3 Å². The van der Waals surface area contributed by atoms with E-state index in [0.717, 1.165) is 28.2 Å². The summed E-state index contributed by atoms with van der Waals surface area (Å²) in [5.74, 6) is -1.69. The standard InChI is InChI=1S/C15H12F2N2O3S2/c1-2-22-9-3-6-13-14(7-9)23-15(18-13)19-24(20,21)10-4-5-11(16)12(17)8-10/h3-8H,2H2,1H3,(H,18,19). The van der Waals surface area contributed by atoms with Gasteiger partial charge in [0.25, 0.3) is 10.0 Å². The molecular weight excluding hydrogens is 358 g/mol. The summed E-state index contributed by atoms with van der Waals surface area (Å²) in [4.78, 5) is 3.79. The third-order valence-electron chi connectivity index (χ3n) is 3.09. The molecule has 0 saturated carbocycles. The Morgan fingerprint density at radius 3 is 2.67 bits per heavy atom. The first kappa shape index (κ1) is 16.6. The first-order valence-corrected chi connectivity index (χ1v) is 9.20. The molecule has 0 bridgehead atoms. The van der Waals surface area contributed by atoms with E-state index >= 15 is 0 Å². The van der Waals surface area contributed by atoms with Crippen LogP contribution in [0.5, 0.6) is 5.75 Å². The number of benzene rings is 2. The SMILES string of the molecule is CCOc1ccc2nc(NS(=O)(=O)c3ccc(F)c(F)c3)sc2c1. The molecule has 0 atom stereocenters. The lowest BCUT2D eigenvalue weighted by Gasteiger charge is -2.05. The highest BCUT2D eigenvalue weighted by atomic mass is 32.2. The Labute approximate surface area is 141 Å². The number of nitrogens with one attached hydrogen (secondary N) is 1. The second kappa shape index (κ2) is 6.33. The van der Waals surface area contributed by atoms with E-state index in [1.807, 2.05) is 6.92 Å². The average molecular weight is 370 g/mol. The van der Waals surface area contributed by atoms with Gasteiger partial charge in [-0.15, -0.1) is 0 Å². The van der Waals surface area contributed by atoms with Crippen molar-refractivity contribution in [1.29, 1.82) is 0 Å². The summed E-state index contributed by atoms with van der Waals surface area (Å²) in [5.41, 5.74) is 0.603. The maximum absolute atomic E-state index is 13.2. The fourth-order valence-corrected chi connectivity index (χ4v) is 4.16. The molecule has 0 saturated heterocycles. The number of nitrogens with zero attached hydrogens (tertiary/aromatic N) is 1. The van der Waals surface area contributed by atoms with Crippen molar-refractivity contribution >= 4 is 36.7 Å². The van der Waals surface area contributed by atoms with E-state index in [0.29, 0.717) is 23.9 Å². The number of hydrogen-bond acceptors (Lipinski definition) is 5. The molecule has 24 heavy (non-hydrogen) atoms. The molecule has 0 radical (unpaired) electrons. The number of sulfonamides is 1. The molecule has 0 spiro atoms. The van der Waals surface area contributed by atoms with E-state index in [-0.39, 0.29) is 10.0 Å². The Morgan fingerprint density at radius 2 is 1.96 bits per heavy atom. The molecule has 3 aromatic rings. The van der Waals surface area contributed by atoms with Gasteiger partial charge in [-0.2, -0.15) is 0 Å². The first-order chi connectivity index (χ1) is 11.4. The van der Waals surface area contributed by atoms with Gasteiger partial charge in [0.05, 0.1) is 21.7 Å². The largest absolute Gasteiger partial charge is 0.494 e. The summed E-state index contributed by atoms with van der Waals surface area (Å²) in [6.07, 6.45) is 0. The molecule has 0 aliphatic carbocycles. The number of hydrogen-bond donors (Lipinski definition) is 1. The molecule has 1 aromatic heterocycles. The average Bonchev–Trinajstić information content (AvgIpc) is 2.91. The Morgan fingerprint density at radius 1 is 1.17 bits per heavy atom. The minimum atomic E-state index is -4.06. The highest BCUT2D eigenvalue weighted by Gasteiger charge is 2.18. The normalized spacial score (nSPS) is 11.6. The second-order valence-electron chi connectivity index (χ2n) is 4.76. The van der Waals surface area contributed by atoms with Crippen LogP contribution in [0.25, 0.3) is 10.2 Å². The van der Waals surface area contributed by atoms with Gasteiger partial charge in [-0.1, -0.05) is 11.3 Å². The molecule has 0 unspecified atom stereocenters. The summed E-state index contributed by atoms with van der Waals surface area (Å²) in [5, 5.41) is 0.128. The zero-order chi connectivity index (χ0) is 17.3. The van der Waals surface area contributed by atoms with Crippen LogP contribution >= 0.6 is 11.3 Å². The van der Waals surface area contributed by atoms with Crippen molar-refractivity contribution in [3.8, 4) is 5.75 Å². The van der Waals surface area contributed by atoms with Gasteiger partial charge in [0.2, 0.25) is 0 Å². The van der Waals surface area contributed by atoms with E-state index in [9.17, 15) is 17.2 Å². The zero-order valence-corrected chi connectivity index (χ0v) is 14.0. The maximum atomic E-state index is 13.2. The molecule has 1 heterocycles. The molecule has 5 nitrogen and oxygen atoms in total. The van der Waals surface area contributed by atoms with Crippen LogP contribution in [0.4, 0.5) is 13.9 Å². The number of thiazole rings is 1. The Hall–Kier alpha value is -2.26. The number of aromatic nitrogens is 1. The zero-order valence-electron chi connectivity index (χ0n) is 12.4. The smallest absolute Gasteiger partial charge is 0.263 e. The van der Waals surface area contributed by atoms with E-state index < -0.39 is 21.7 Å². The number of anilines is 1. The molecular formula is C15H12F2N2O3S2. The van der Waals surface area contributed by atoms with Gasteiger partial charge in [0.15, 0.2) is 16.8 Å². The lowest BCUT2D eigenvalue weighted by molar-refractivity contribution is 0.341. The monoisotopic (exact) mass is 370 g/mol. The lowest BCUT2D eigenvalue weighted by Crippen LogP contribution is -2.13. The van der Waals surface area contributed by atoms with Gasteiger partial charge >= 0.3 is 0 Å². The maximum Gasteiger partial charge on any atom is 0.263 e. The van der Waals surface area contributed by atoms with Crippen LogP contribution in [0, 0.1) is 11.6 Å². The molecule has 0 fully saturated rings. The molecule has 2 aromatic carbocycles. The minimum absolute atomic E-state index is 0.128. The van der Waals surface area contributed by atoms with E-state index in [2.05, 4.69) is 9.71 Å². The molecule has 9 heteroatoms. The second-order valence-corrected chi connectivity index (χ2v) is 7.48. The summed E-state index contributed by atoms with van der Waals surface area (Å²) < 4.78 is 59.1. The number of ether oxygens (including phenoxy) is 1. The quantitative estimate of drug-likeness (QED) is 0.742. The Balaban J connectivity index is 1.91. The van der Waals surface area contributed by atoms with Crippen LogP contribution in [0.15, 0.2) is 41.3 Å². The Bertz CT molecular complexity index is 1000. The van der Waals surface area contributed by atoms with Gasteiger partial charge < -0.3 is 4.74 Å². The van der Waals surface area contributed by atoms with E-state index in [1.54, 1.807) is 18.2 Å². The summed E-state index contributed by atoms with van der Waals surface area (Å²) in [6.45, 7) is 2.37. The highest BCUT2D eigenvalue weighted by Crippen LogP contribution is 2.30. The molecule has 0 aliphatic heterocycles. The van der Waals surface area contributed by atoms with Crippen molar-refractivity contribution in [1.82, 2.24) is 4.98 Å². The number of halogens is 2. The van der Waals surface area contributed by atoms with Crippen LogP contribution < -0.4 is 9.46 Å². The lowest BCUT2D eigenvalue weighted by atomic mass is 10.3. The predicted molar refractivity (Wildman–Crippen MR) is 88.0 cm³/mol. The number of rotatable bonds is 5. The Kier molecular flexibility index (Phi) is 4.37. The fourth-order valence-electron chi connectivity index (χ4n) is 2.02. The van der Waals surface area contributed by atoms with Crippen LogP contribution in [0.3, 0.4) is 0 Å². The predicted octanol–water partition coefficient (Wildman–Crippen LogP) is 3.77. The van der Waals surface area contributed by atoms with E-state index in [4.69, 9.17) is 4.74 Å². The van der Waals surface area contributed by atoms with Gasteiger partial charge in [0.1, 0.15) is 5.75 Å².